The standard InChI is InChI=1S/C17H16O5/c1-20-15-10-13(17(19)22-3)8-9-14(15)11-4-6-12(7-5-11)16(18)21-2/h4-10H,1-3H3. The molecule has 0 heterocycles. The Bertz CT molecular complexity index is 689. The third-order valence-corrected chi connectivity index (χ3v) is 3.24. The van der Waals surface area contributed by atoms with Crippen LogP contribution in [0.1, 0.15) is 20.7 Å². The highest BCUT2D eigenvalue weighted by atomic mass is 16.5. The van der Waals surface area contributed by atoms with Crippen molar-refractivity contribution in [3.8, 4) is 16.9 Å². The summed E-state index contributed by atoms with van der Waals surface area (Å²) in [6, 6.07) is 12.0. The van der Waals surface area contributed by atoms with Crippen molar-refractivity contribution in [3.05, 3.63) is 53.6 Å². The van der Waals surface area contributed by atoms with Gasteiger partial charge in [0.05, 0.1) is 32.5 Å². The van der Waals surface area contributed by atoms with E-state index in [1.165, 1.54) is 21.3 Å². The Hall–Kier alpha value is -2.82. The van der Waals surface area contributed by atoms with Gasteiger partial charge in [0.2, 0.25) is 0 Å². The van der Waals surface area contributed by atoms with E-state index >= 15 is 0 Å². The molecule has 0 aliphatic rings. The van der Waals surface area contributed by atoms with Gasteiger partial charge < -0.3 is 14.2 Å². The molecule has 22 heavy (non-hydrogen) atoms. The largest absolute Gasteiger partial charge is 0.496 e. The van der Waals surface area contributed by atoms with Crippen LogP contribution < -0.4 is 4.74 Å². The van der Waals surface area contributed by atoms with Gasteiger partial charge in [-0.1, -0.05) is 12.1 Å². The lowest BCUT2D eigenvalue weighted by Crippen LogP contribution is -2.02. The van der Waals surface area contributed by atoms with Crippen molar-refractivity contribution in [2.45, 2.75) is 0 Å². The molecule has 0 fully saturated rings. The Morgan fingerprint density at radius 2 is 1.32 bits per heavy atom. The number of hydrogen-bond acceptors (Lipinski definition) is 5. The highest BCUT2D eigenvalue weighted by molar-refractivity contribution is 5.92. The third-order valence-electron chi connectivity index (χ3n) is 3.24. The lowest BCUT2D eigenvalue weighted by molar-refractivity contribution is 0.0591. The van der Waals surface area contributed by atoms with Crippen molar-refractivity contribution < 1.29 is 23.8 Å². The minimum absolute atomic E-state index is 0.389. The summed E-state index contributed by atoms with van der Waals surface area (Å²) in [5, 5.41) is 0. The van der Waals surface area contributed by atoms with Crippen LogP contribution in [0, 0.1) is 0 Å². The Labute approximate surface area is 128 Å². The van der Waals surface area contributed by atoms with E-state index < -0.39 is 5.97 Å². The van der Waals surface area contributed by atoms with Crippen LogP contribution in [0.4, 0.5) is 0 Å². The van der Waals surface area contributed by atoms with Gasteiger partial charge in [-0.2, -0.15) is 0 Å². The summed E-state index contributed by atoms with van der Waals surface area (Å²) >= 11 is 0. The first kappa shape index (κ1) is 15.6. The lowest BCUT2D eigenvalue weighted by atomic mass is 10.0. The molecule has 0 amide bonds. The van der Waals surface area contributed by atoms with Crippen LogP contribution in [0.2, 0.25) is 0 Å². The fraction of sp³-hybridized carbons (Fsp3) is 0.176. The second-order valence-electron chi connectivity index (χ2n) is 4.48. The zero-order valence-corrected chi connectivity index (χ0v) is 12.6. The molecule has 0 N–H and O–H groups in total. The van der Waals surface area contributed by atoms with Crippen molar-refractivity contribution >= 4 is 11.9 Å². The van der Waals surface area contributed by atoms with Gasteiger partial charge in [-0.3, -0.25) is 0 Å². The predicted molar refractivity (Wildman–Crippen MR) is 81.1 cm³/mol. The summed E-state index contributed by atoms with van der Waals surface area (Å²) in [6.07, 6.45) is 0. The summed E-state index contributed by atoms with van der Waals surface area (Å²) < 4.78 is 14.7. The van der Waals surface area contributed by atoms with Crippen LogP contribution in [0.5, 0.6) is 5.75 Å². The number of ether oxygens (including phenoxy) is 3. The number of hydrogen-bond donors (Lipinski definition) is 0. The van der Waals surface area contributed by atoms with Crippen molar-refractivity contribution in [3.63, 3.8) is 0 Å². The fourth-order valence-corrected chi connectivity index (χ4v) is 2.08. The molecule has 0 radical (unpaired) electrons. The number of carbonyl (C=O) groups excluding carboxylic acids is 2. The first-order valence-electron chi connectivity index (χ1n) is 6.55. The molecular weight excluding hydrogens is 284 g/mol. The van der Waals surface area contributed by atoms with E-state index in [9.17, 15) is 9.59 Å². The van der Waals surface area contributed by atoms with Gasteiger partial charge in [-0.25, -0.2) is 9.59 Å². The Morgan fingerprint density at radius 1 is 0.773 bits per heavy atom. The maximum absolute atomic E-state index is 11.6. The molecule has 0 aliphatic carbocycles. The highest BCUT2D eigenvalue weighted by Gasteiger charge is 2.12. The van der Waals surface area contributed by atoms with Crippen LogP contribution in [-0.2, 0) is 9.47 Å². The molecule has 0 saturated heterocycles. The molecule has 0 unspecified atom stereocenters. The van der Waals surface area contributed by atoms with Crippen LogP contribution in [0.3, 0.4) is 0 Å². The van der Waals surface area contributed by atoms with Crippen molar-refractivity contribution in [1.82, 2.24) is 0 Å². The summed E-state index contributed by atoms with van der Waals surface area (Å²) in [7, 11) is 4.20. The molecule has 0 aromatic heterocycles. The lowest BCUT2D eigenvalue weighted by Gasteiger charge is -2.10. The first-order chi connectivity index (χ1) is 10.6. The molecule has 0 saturated carbocycles. The second-order valence-corrected chi connectivity index (χ2v) is 4.48. The Balaban J connectivity index is 2.39. The predicted octanol–water partition coefficient (Wildman–Crippen LogP) is 2.94. The fourth-order valence-electron chi connectivity index (χ4n) is 2.08. The Morgan fingerprint density at radius 3 is 1.86 bits per heavy atom. The molecule has 0 spiro atoms. The van der Waals surface area contributed by atoms with Gasteiger partial charge >= 0.3 is 11.9 Å². The number of benzene rings is 2. The normalized spacial score (nSPS) is 9.95. The minimum atomic E-state index is -0.425. The molecule has 114 valence electrons. The third kappa shape index (κ3) is 3.09. The van der Waals surface area contributed by atoms with Crippen LogP contribution in [0.25, 0.3) is 11.1 Å². The maximum Gasteiger partial charge on any atom is 0.337 e. The number of carbonyl (C=O) groups is 2. The van der Waals surface area contributed by atoms with Gasteiger partial charge in [0.15, 0.2) is 0 Å². The van der Waals surface area contributed by atoms with Gasteiger partial charge in [0.25, 0.3) is 0 Å². The van der Waals surface area contributed by atoms with Crippen molar-refractivity contribution in [2.75, 3.05) is 21.3 Å². The van der Waals surface area contributed by atoms with E-state index in [-0.39, 0.29) is 5.97 Å². The molecule has 0 aliphatic heterocycles. The topological polar surface area (TPSA) is 61.8 Å². The van der Waals surface area contributed by atoms with E-state index in [0.717, 1.165) is 11.1 Å². The van der Waals surface area contributed by atoms with E-state index in [1.807, 2.05) is 0 Å². The second kappa shape index (κ2) is 6.76. The van der Waals surface area contributed by atoms with Gasteiger partial charge in [0, 0.05) is 5.56 Å². The molecule has 2 aromatic rings. The monoisotopic (exact) mass is 300 g/mol. The summed E-state index contributed by atoms with van der Waals surface area (Å²) in [5.41, 5.74) is 2.55. The number of methoxy groups -OCH3 is 3. The first-order valence-corrected chi connectivity index (χ1v) is 6.55. The number of rotatable bonds is 4. The quantitative estimate of drug-likeness (QED) is 0.812. The average molecular weight is 300 g/mol. The van der Waals surface area contributed by atoms with Crippen LogP contribution >= 0.6 is 0 Å². The highest BCUT2D eigenvalue weighted by Crippen LogP contribution is 2.31. The molecule has 2 aromatic carbocycles. The zero-order valence-electron chi connectivity index (χ0n) is 12.6. The number of esters is 2. The average Bonchev–Trinajstić information content (AvgIpc) is 2.59. The smallest absolute Gasteiger partial charge is 0.337 e. The SMILES string of the molecule is COC(=O)c1ccc(-c2ccc(C(=O)OC)cc2OC)cc1. The molecule has 2 rings (SSSR count). The molecule has 5 nitrogen and oxygen atoms in total. The van der Waals surface area contributed by atoms with Gasteiger partial charge in [0.1, 0.15) is 5.75 Å². The van der Waals surface area contributed by atoms with Gasteiger partial charge in [-0.15, -0.1) is 0 Å². The van der Waals surface area contributed by atoms with E-state index in [2.05, 4.69) is 9.47 Å². The summed E-state index contributed by atoms with van der Waals surface area (Å²) in [5.74, 6) is -0.265. The maximum atomic E-state index is 11.6. The van der Waals surface area contributed by atoms with Crippen LogP contribution in [-0.4, -0.2) is 33.3 Å². The summed E-state index contributed by atoms with van der Waals surface area (Å²) in [4.78, 5) is 23.0. The minimum Gasteiger partial charge on any atom is -0.496 e. The molecule has 0 bridgehead atoms. The van der Waals surface area contributed by atoms with Crippen LogP contribution in [0.15, 0.2) is 42.5 Å². The molecule has 0 atom stereocenters. The van der Waals surface area contributed by atoms with E-state index in [4.69, 9.17) is 4.74 Å². The van der Waals surface area contributed by atoms with Crippen molar-refractivity contribution in [1.29, 1.82) is 0 Å². The molecule has 5 heteroatoms. The Kier molecular flexibility index (Phi) is 4.78. The van der Waals surface area contributed by atoms with Gasteiger partial charge in [-0.05, 0) is 35.9 Å². The summed E-state index contributed by atoms with van der Waals surface area (Å²) in [6.45, 7) is 0. The zero-order chi connectivity index (χ0) is 16.1. The van der Waals surface area contributed by atoms with E-state index in [1.54, 1.807) is 42.5 Å². The molecular formula is C17H16O5. The van der Waals surface area contributed by atoms with Crippen molar-refractivity contribution in [2.24, 2.45) is 0 Å². The van der Waals surface area contributed by atoms with E-state index in [0.29, 0.717) is 16.9 Å².